The van der Waals surface area contributed by atoms with Crippen LogP contribution in [-0.2, 0) is 4.79 Å². The van der Waals surface area contributed by atoms with Crippen molar-refractivity contribution < 1.29 is 14.1 Å². The van der Waals surface area contributed by atoms with Crippen molar-refractivity contribution in [3.63, 3.8) is 0 Å². The molecule has 8 heteroatoms. The molecule has 0 radical (unpaired) electrons. The zero-order valence-electron chi connectivity index (χ0n) is 13.3. The molecule has 0 aliphatic heterocycles. The van der Waals surface area contributed by atoms with Crippen molar-refractivity contribution in [3.8, 4) is 0 Å². The molecular weight excluding hydrogens is 353 g/mol. The third-order valence-electron chi connectivity index (χ3n) is 3.56. The van der Waals surface area contributed by atoms with E-state index >= 15 is 0 Å². The fourth-order valence-corrected chi connectivity index (χ4v) is 2.57. The number of carbonyl (C=O) groups is 2. The highest BCUT2D eigenvalue weighted by atomic mass is 35.5. The summed E-state index contributed by atoms with van der Waals surface area (Å²) in [6.45, 7) is 3.68. The minimum Gasteiger partial charge on any atom is -0.363 e. The summed E-state index contributed by atoms with van der Waals surface area (Å²) in [5.74, 6) is -0.412. The summed E-state index contributed by atoms with van der Waals surface area (Å²) in [5.41, 5.74) is 0.301. The molecular formula is C16H17Cl2N3O3. The maximum absolute atomic E-state index is 12.8. The highest BCUT2D eigenvalue weighted by Gasteiger charge is 2.25. The fraction of sp³-hybridized carbons (Fsp3) is 0.312. The number of anilines is 1. The van der Waals surface area contributed by atoms with Gasteiger partial charge in [0.15, 0.2) is 5.82 Å². The van der Waals surface area contributed by atoms with Gasteiger partial charge < -0.3 is 14.7 Å². The van der Waals surface area contributed by atoms with Gasteiger partial charge in [0.05, 0.1) is 10.6 Å². The fourth-order valence-electron chi connectivity index (χ4n) is 2.08. The third kappa shape index (κ3) is 4.49. The second-order valence-corrected chi connectivity index (χ2v) is 6.09. The van der Waals surface area contributed by atoms with Crippen LogP contribution in [0.2, 0.25) is 10.0 Å². The summed E-state index contributed by atoms with van der Waals surface area (Å²) in [7, 11) is 0. The number of aromatic nitrogens is 1. The monoisotopic (exact) mass is 369 g/mol. The van der Waals surface area contributed by atoms with E-state index in [1.807, 2.05) is 13.8 Å². The molecule has 1 aromatic heterocycles. The van der Waals surface area contributed by atoms with E-state index in [1.165, 1.54) is 23.3 Å². The Morgan fingerprint density at radius 2 is 2.08 bits per heavy atom. The van der Waals surface area contributed by atoms with Crippen LogP contribution in [0.4, 0.5) is 5.82 Å². The molecule has 24 heavy (non-hydrogen) atoms. The van der Waals surface area contributed by atoms with Crippen LogP contribution in [0.1, 0.15) is 30.6 Å². The van der Waals surface area contributed by atoms with Crippen molar-refractivity contribution in [2.45, 2.75) is 26.3 Å². The zero-order valence-corrected chi connectivity index (χ0v) is 14.8. The van der Waals surface area contributed by atoms with Crippen LogP contribution in [0.5, 0.6) is 0 Å². The Bertz CT molecular complexity index is 719. The summed E-state index contributed by atoms with van der Waals surface area (Å²) < 4.78 is 4.66. The Balaban J connectivity index is 2.18. The highest BCUT2D eigenvalue weighted by molar-refractivity contribution is 6.36. The van der Waals surface area contributed by atoms with Gasteiger partial charge in [-0.05, 0) is 31.5 Å². The van der Waals surface area contributed by atoms with Crippen molar-refractivity contribution in [1.82, 2.24) is 10.1 Å². The molecule has 0 fully saturated rings. The van der Waals surface area contributed by atoms with E-state index in [1.54, 1.807) is 12.1 Å². The predicted molar refractivity (Wildman–Crippen MR) is 92.4 cm³/mol. The second kappa shape index (κ2) is 8.17. The molecule has 1 N–H and O–H groups in total. The van der Waals surface area contributed by atoms with Gasteiger partial charge in [-0.1, -0.05) is 35.3 Å². The Kier molecular flexibility index (Phi) is 6.23. The maximum atomic E-state index is 12.8. The first-order valence-corrected chi connectivity index (χ1v) is 8.14. The topological polar surface area (TPSA) is 75.4 Å². The number of nitrogens with one attached hydrogen (secondary N) is 1. The first kappa shape index (κ1) is 18.3. The van der Waals surface area contributed by atoms with Crippen LogP contribution in [0, 0.1) is 0 Å². The molecule has 0 aliphatic rings. The van der Waals surface area contributed by atoms with Crippen LogP contribution >= 0.6 is 23.2 Å². The van der Waals surface area contributed by atoms with Gasteiger partial charge in [0.25, 0.3) is 5.91 Å². The Hall–Kier alpha value is -2.05. The summed E-state index contributed by atoms with van der Waals surface area (Å²) in [6, 6.07) is 6.01. The SMILES string of the molecule is CCC(C)N(CC(=O)Nc1ccon1)C(=O)c1ccc(Cl)cc1Cl. The lowest BCUT2D eigenvalue weighted by atomic mass is 10.1. The molecule has 0 aliphatic carbocycles. The van der Waals surface area contributed by atoms with E-state index in [0.717, 1.165) is 0 Å². The number of hydrogen-bond acceptors (Lipinski definition) is 4. The first-order valence-electron chi connectivity index (χ1n) is 7.38. The zero-order chi connectivity index (χ0) is 17.7. The van der Waals surface area contributed by atoms with E-state index in [2.05, 4.69) is 15.0 Å². The second-order valence-electron chi connectivity index (χ2n) is 5.25. The van der Waals surface area contributed by atoms with Crippen LogP contribution in [0.3, 0.4) is 0 Å². The lowest BCUT2D eigenvalue weighted by molar-refractivity contribution is -0.117. The van der Waals surface area contributed by atoms with E-state index in [0.29, 0.717) is 22.8 Å². The van der Waals surface area contributed by atoms with Gasteiger partial charge in [0, 0.05) is 17.1 Å². The molecule has 1 atom stereocenters. The smallest absolute Gasteiger partial charge is 0.256 e. The number of halogens is 2. The minimum absolute atomic E-state index is 0.125. The number of amides is 2. The van der Waals surface area contributed by atoms with Crippen LogP contribution < -0.4 is 5.32 Å². The molecule has 6 nitrogen and oxygen atoms in total. The number of hydrogen-bond donors (Lipinski definition) is 1. The number of nitrogens with zero attached hydrogens (tertiary/aromatic N) is 2. The van der Waals surface area contributed by atoms with Gasteiger partial charge in [-0.25, -0.2) is 0 Å². The molecule has 1 heterocycles. The van der Waals surface area contributed by atoms with Crippen molar-refractivity contribution in [2.75, 3.05) is 11.9 Å². The largest absolute Gasteiger partial charge is 0.363 e. The van der Waals surface area contributed by atoms with Crippen molar-refractivity contribution in [1.29, 1.82) is 0 Å². The molecule has 0 saturated carbocycles. The number of benzene rings is 1. The van der Waals surface area contributed by atoms with Gasteiger partial charge in [-0.15, -0.1) is 0 Å². The van der Waals surface area contributed by atoms with Gasteiger partial charge in [0.2, 0.25) is 5.91 Å². The molecule has 2 amide bonds. The summed E-state index contributed by atoms with van der Waals surface area (Å²) in [5, 5.41) is 6.87. The molecule has 128 valence electrons. The van der Waals surface area contributed by atoms with Crippen molar-refractivity contribution >= 4 is 40.8 Å². The number of carbonyl (C=O) groups excluding carboxylic acids is 2. The van der Waals surface area contributed by atoms with Gasteiger partial charge in [-0.3, -0.25) is 9.59 Å². The molecule has 0 saturated heterocycles. The average molecular weight is 370 g/mol. The van der Waals surface area contributed by atoms with Crippen molar-refractivity contribution in [3.05, 3.63) is 46.1 Å². The Labute approximate surface area is 149 Å². The maximum Gasteiger partial charge on any atom is 0.256 e. The summed E-state index contributed by atoms with van der Waals surface area (Å²) in [6.07, 6.45) is 2.04. The van der Waals surface area contributed by atoms with Gasteiger partial charge in [-0.2, -0.15) is 0 Å². The van der Waals surface area contributed by atoms with E-state index in [-0.39, 0.29) is 29.4 Å². The molecule has 2 rings (SSSR count). The first-order chi connectivity index (χ1) is 11.4. The third-order valence-corrected chi connectivity index (χ3v) is 4.11. The Morgan fingerprint density at radius 3 is 2.67 bits per heavy atom. The summed E-state index contributed by atoms with van der Waals surface area (Å²) in [4.78, 5) is 26.4. The molecule has 0 spiro atoms. The Morgan fingerprint density at radius 1 is 1.33 bits per heavy atom. The minimum atomic E-state index is -0.373. The number of rotatable bonds is 6. The normalized spacial score (nSPS) is 11.8. The predicted octanol–water partition coefficient (Wildman–Crippen LogP) is 3.86. The summed E-state index contributed by atoms with van der Waals surface area (Å²) >= 11 is 12.0. The molecule has 2 aromatic rings. The standard InChI is InChI=1S/C16H17Cl2N3O3/c1-3-10(2)21(9-15(22)19-14-6-7-24-20-14)16(23)12-5-4-11(17)8-13(12)18/h4-8,10H,3,9H2,1-2H3,(H,19,20,22). The lowest BCUT2D eigenvalue weighted by Crippen LogP contribution is -2.43. The average Bonchev–Trinajstić information content (AvgIpc) is 3.04. The van der Waals surface area contributed by atoms with Crippen molar-refractivity contribution in [2.24, 2.45) is 0 Å². The van der Waals surface area contributed by atoms with E-state index in [4.69, 9.17) is 23.2 Å². The molecule has 1 aromatic carbocycles. The quantitative estimate of drug-likeness (QED) is 0.838. The van der Waals surface area contributed by atoms with E-state index in [9.17, 15) is 9.59 Å². The van der Waals surface area contributed by atoms with Crippen LogP contribution in [0.25, 0.3) is 0 Å². The van der Waals surface area contributed by atoms with Gasteiger partial charge >= 0.3 is 0 Å². The van der Waals surface area contributed by atoms with Crippen LogP contribution in [-0.4, -0.2) is 34.5 Å². The highest BCUT2D eigenvalue weighted by Crippen LogP contribution is 2.23. The van der Waals surface area contributed by atoms with Crippen LogP contribution in [0.15, 0.2) is 35.1 Å². The lowest BCUT2D eigenvalue weighted by Gasteiger charge is -2.28. The van der Waals surface area contributed by atoms with E-state index < -0.39 is 0 Å². The molecule has 1 unspecified atom stereocenters. The molecule has 0 bridgehead atoms. The van der Waals surface area contributed by atoms with Gasteiger partial charge in [0.1, 0.15) is 12.8 Å².